The van der Waals surface area contributed by atoms with E-state index in [1.54, 1.807) is 12.1 Å². The van der Waals surface area contributed by atoms with Crippen molar-refractivity contribution in [1.29, 1.82) is 0 Å². The fourth-order valence-electron chi connectivity index (χ4n) is 5.52. The molecule has 1 heterocycles. The fraction of sp³-hybridized carbons (Fsp3) is 0.344. The number of carbonyl (C=O) groups is 3. The van der Waals surface area contributed by atoms with E-state index < -0.39 is 53.0 Å². The molecule has 0 aliphatic carbocycles. The van der Waals surface area contributed by atoms with Gasteiger partial charge in [-0.25, -0.2) is 8.78 Å². The first-order valence-electron chi connectivity index (χ1n) is 13.9. The first-order valence-corrected chi connectivity index (χ1v) is 13.9. The fourth-order valence-corrected chi connectivity index (χ4v) is 5.52. The molecule has 4 rings (SSSR count). The molecule has 1 aliphatic rings. The smallest absolute Gasteiger partial charge is 0.416 e. The Bertz CT molecular complexity index is 1470. The summed E-state index contributed by atoms with van der Waals surface area (Å²) in [5.74, 6) is -5.19. The third-order valence-corrected chi connectivity index (χ3v) is 7.60. The van der Waals surface area contributed by atoms with E-state index in [1.165, 1.54) is 23.1 Å². The number of halogens is 5. The number of carboxylic acids is 1. The van der Waals surface area contributed by atoms with E-state index in [1.807, 2.05) is 6.92 Å². The highest BCUT2D eigenvalue weighted by atomic mass is 19.4. The second kappa shape index (κ2) is 13.4. The van der Waals surface area contributed by atoms with Gasteiger partial charge >= 0.3 is 12.1 Å². The van der Waals surface area contributed by atoms with Gasteiger partial charge in [0.2, 0.25) is 5.91 Å². The number of amides is 2. The van der Waals surface area contributed by atoms with Crippen LogP contribution in [0.3, 0.4) is 0 Å². The average Bonchev–Trinajstić information content (AvgIpc) is 2.95. The standard InChI is InChI=1S/C32H31F5N2O4/c1-2-3-27(19-4-6-20(7-5-19)30(42)38-12-10-28(40)41)29(23-15-25(33)17-26(34)16-23)31(43)39-13-11-21-14-24(32(35,36)37)9-8-22(21)18-39/h4-9,14-17,27,29H,2-3,10-13,18H2,1H3,(H,38,42)(H,40,41). The molecule has 43 heavy (non-hydrogen) atoms. The van der Waals surface area contributed by atoms with Crippen LogP contribution in [0.1, 0.15) is 76.2 Å². The molecule has 0 aromatic heterocycles. The Kier molecular flexibility index (Phi) is 9.83. The largest absolute Gasteiger partial charge is 0.481 e. The van der Waals surface area contributed by atoms with E-state index in [0.29, 0.717) is 35.6 Å². The van der Waals surface area contributed by atoms with Crippen molar-refractivity contribution < 1.29 is 41.4 Å². The van der Waals surface area contributed by atoms with E-state index in [0.717, 1.165) is 24.3 Å². The Morgan fingerprint density at radius 2 is 1.60 bits per heavy atom. The second-order valence-corrected chi connectivity index (χ2v) is 10.6. The number of fused-ring (bicyclic) bond motifs is 1. The highest BCUT2D eigenvalue weighted by molar-refractivity contribution is 5.94. The maximum Gasteiger partial charge on any atom is 0.416 e. The Hall–Kier alpha value is -4.28. The Balaban J connectivity index is 1.66. The van der Waals surface area contributed by atoms with Crippen LogP contribution in [0.5, 0.6) is 0 Å². The molecule has 3 aromatic rings. The number of benzene rings is 3. The van der Waals surface area contributed by atoms with E-state index in [9.17, 15) is 36.3 Å². The summed E-state index contributed by atoms with van der Waals surface area (Å²) in [4.78, 5) is 38.9. The number of hydrogen-bond donors (Lipinski definition) is 2. The lowest BCUT2D eigenvalue weighted by atomic mass is 9.77. The van der Waals surface area contributed by atoms with Crippen molar-refractivity contribution in [2.75, 3.05) is 13.1 Å². The molecule has 2 N–H and O–H groups in total. The van der Waals surface area contributed by atoms with Crippen molar-refractivity contribution >= 4 is 17.8 Å². The predicted molar refractivity (Wildman–Crippen MR) is 148 cm³/mol. The van der Waals surface area contributed by atoms with E-state index in [4.69, 9.17) is 5.11 Å². The lowest BCUT2D eigenvalue weighted by Gasteiger charge is -2.35. The summed E-state index contributed by atoms with van der Waals surface area (Å²) in [6.07, 6.45) is -3.46. The van der Waals surface area contributed by atoms with Crippen LogP contribution in [-0.4, -0.2) is 40.9 Å². The molecule has 0 bridgehead atoms. The van der Waals surface area contributed by atoms with E-state index in [-0.39, 0.29) is 43.6 Å². The lowest BCUT2D eigenvalue weighted by molar-refractivity contribution is -0.138. The van der Waals surface area contributed by atoms with E-state index >= 15 is 0 Å². The van der Waals surface area contributed by atoms with Crippen molar-refractivity contribution in [2.45, 2.75) is 57.2 Å². The molecule has 11 heteroatoms. The topological polar surface area (TPSA) is 86.7 Å². The van der Waals surface area contributed by atoms with Gasteiger partial charge in [0.05, 0.1) is 17.9 Å². The summed E-state index contributed by atoms with van der Waals surface area (Å²) in [7, 11) is 0. The Morgan fingerprint density at radius 3 is 2.21 bits per heavy atom. The van der Waals surface area contributed by atoms with Gasteiger partial charge in [0.1, 0.15) is 11.6 Å². The summed E-state index contributed by atoms with van der Waals surface area (Å²) in [6, 6.07) is 12.8. The third kappa shape index (κ3) is 7.77. The molecule has 2 unspecified atom stereocenters. The molecule has 2 amide bonds. The molecule has 0 saturated heterocycles. The third-order valence-electron chi connectivity index (χ3n) is 7.60. The number of aliphatic carboxylic acids is 1. The maximum atomic E-state index is 14.4. The molecular formula is C32H31F5N2O4. The highest BCUT2D eigenvalue weighted by Gasteiger charge is 2.37. The molecule has 0 saturated carbocycles. The molecular weight excluding hydrogens is 571 g/mol. The predicted octanol–water partition coefficient (Wildman–Crippen LogP) is 6.44. The number of carboxylic acid groups (broad SMARTS) is 1. The molecule has 228 valence electrons. The molecule has 0 fully saturated rings. The SMILES string of the molecule is CCCC(c1ccc(C(=O)NCCC(=O)O)cc1)C(C(=O)N1CCc2cc(C(F)(F)F)ccc2C1)c1cc(F)cc(F)c1. The Morgan fingerprint density at radius 1 is 0.930 bits per heavy atom. The summed E-state index contributed by atoms with van der Waals surface area (Å²) in [6.45, 7) is 2.04. The van der Waals surface area contributed by atoms with Crippen LogP contribution in [0.15, 0.2) is 60.7 Å². The minimum Gasteiger partial charge on any atom is -0.481 e. The molecule has 6 nitrogen and oxygen atoms in total. The molecule has 0 radical (unpaired) electrons. The summed E-state index contributed by atoms with van der Waals surface area (Å²) >= 11 is 0. The number of nitrogens with zero attached hydrogens (tertiary/aromatic N) is 1. The maximum absolute atomic E-state index is 14.4. The van der Waals surface area contributed by atoms with Gasteiger partial charge in [0.25, 0.3) is 5.91 Å². The summed E-state index contributed by atoms with van der Waals surface area (Å²) in [5, 5.41) is 11.3. The molecule has 2 atom stereocenters. The molecule has 1 aliphatic heterocycles. The minimum atomic E-state index is -4.49. The van der Waals surface area contributed by atoms with Crippen molar-refractivity contribution in [3.8, 4) is 0 Å². The van der Waals surface area contributed by atoms with Gasteiger partial charge in [0.15, 0.2) is 0 Å². The van der Waals surface area contributed by atoms with Gasteiger partial charge in [-0.3, -0.25) is 14.4 Å². The van der Waals surface area contributed by atoms with Crippen molar-refractivity contribution in [1.82, 2.24) is 10.2 Å². The Labute approximate surface area is 245 Å². The van der Waals surface area contributed by atoms with Gasteiger partial charge in [-0.2, -0.15) is 13.2 Å². The van der Waals surface area contributed by atoms with Gasteiger partial charge in [-0.1, -0.05) is 31.5 Å². The summed E-state index contributed by atoms with van der Waals surface area (Å²) < 4.78 is 68.5. The highest BCUT2D eigenvalue weighted by Crippen LogP contribution is 2.40. The quantitative estimate of drug-likeness (QED) is 0.262. The van der Waals surface area contributed by atoms with Crippen LogP contribution in [-0.2, 0) is 28.7 Å². The zero-order chi connectivity index (χ0) is 31.3. The van der Waals surface area contributed by atoms with Gasteiger partial charge < -0.3 is 15.3 Å². The minimum absolute atomic E-state index is 0.0490. The zero-order valence-corrected chi connectivity index (χ0v) is 23.4. The first kappa shape index (κ1) is 31.7. The monoisotopic (exact) mass is 602 g/mol. The van der Waals surface area contributed by atoms with Crippen LogP contribution in [0, 0.1) is 11.6 Å². The van der Waals surface area contributed by atoms with Gasteiger partial charge in [0, 0.05) is 31.3 Å². The van der Waals surface area contributed by atoms with Crippen LogP contribution >= 0.6 is 0 Å². The van der Waals surface area contributed by atoms with Gasteiger partial charge in [-0.15, -0.1) is 0 Å². The van der Waals surface area contributed by atoms with Crippen LogP contribution in [0.25, 0.3) is 0 Å². The number of rotatable bonds is 10. The van der Waals surface area contributed by atoms with E-state index in [2.05, 4.69) is 5.32 Å². The average molecular weight is 603 g/mol. The second-order valence-electron chi connectivity index (χ2n) is 10.6. The number of alkyl halides is 3. The number of carbonyl (C=O) groups excluding carboxylic acids is 2. The number of hydrogen-bond acceptors (Lipinski definition) is 3. The lowest BCUT2D eigenvalue weighted by Crippen LogP contribution is -2.40. The zero-order valence-electron chi connectivity index (χ0n) is 23.4. The normalized spacial score (nSPS) is 14.5. The molecule has 0 spiro atoms. The van der Waals surface area contributed by atoms with Crippen molar-refractivity contribution in [3.63, 3.8) is 0 Å². The van der Waals surface area contributed by atoms with Crippen LogP contribution < -0.4 is 5.32 Å². The van der Waals surface area contributed by atoms with Crippen molar-refractivity contribution in [2.24, 2.45) is 0 Å². The summed E-state index contributed by atoms with van der Waals surface area (Å²) in [5.41, 5.74) is 1.36. The van der Waals surface area contributed by atoms with Gasteiger partial charge in [-0.05, 0) is 77.4 Å². The van der Waals surface area contributed by atoms with Crippen molar-refractivity contribution in [3.05, 3.63) is 106 Å². The molecule has 3 aromatic carbocycles. The number of nitrogens with one attached hydrogen (secondary N) is 1. The van der Waals surface area contributed by atoms with Crippen LogP contribution in [0.4, 0.5) is 22.0 Å². The first-order chi connectivity index (χ1) is 20.4. The van der Waals surface area contributed by atoms with Crippen LogP contribution in [0.2, 0.25) is 0 Å².